The van der Waals surface area contributed by atoms with Crippen LogP contribution in [0.4, 0.5) is 0 Å². The first-order valence-electron chi connectivity index (χ1n) is 5.94. The Morgan fingerprint density at radius 2 is 1.73 bits per heavy atom. The zero-order chi connectivity index (χ0) is 11.1. The molecule has 0 bridgehead atoms. The quantitative estimate of drug-likeness (QED) is 0.721. The molecule has 0 amide bonds. The van der Waals surface area contributed by atoms with E-state index in [9.17, 15) is 8.42 Å². The molecule has 88 valence electrons. The molecule has 0 aromatic carbocycles. The van der Waals surface area contributed by atoms with E-state index >= 15 is 0 Å². The van der Waals surface area contributed by atoms with Gasteiger partial charge < -0.3 is 0 Å². The molecule has 2 fully saturated rings. The standard InChI is InChI=1S/C11H19ClO2S/c1-2-9-3-5-10(6-4-9)11(7-8-11)15(12,13)14/h9-10H,2-8H2,1H3. The van der Waals surface area contributed by atoms with Crippen molar-refractivity contribution < 1.29 is 8.42 Å². The molecular weight excluding hydrogens is 232 g/mol. The van der Waals surface area contributed by atoms with Crippen LogP contribution in [-0.4, -0.2) is 13.2 Å². The minimum Gasteiger partial charge on any atom is -0.212 e. The summed E-state index contributed by atoms with van der Waals surface area (Å²) < 4.78 is 22.5. The van der Waals surface area contributed by atoms with Crippen molar-refractivity contribution in [3.63, 3.8) is 0 Å². The van der Waals surface area contributed by atoms with Crippen LogP contribution in [0.2, 0.25) is 0 Å². The largest absolute Gasteiger partial charge is 0.238 e. The van der Waals surface area contributed by atoms with Gasteiger partial charge in [-0.25, -0.2) is 8.42 Å². The van der Waals surface area contributed by atoms with E-state index in [0.29, 0.717) is 5.92 Å². The van der Waals surface area contributed by atoms with Crippen molar-refractivity contribution in [2.75, 3.05) is 0 Å². The van der Waals surface area contributed by atoms with Crippen molar-refractivity contribution in [3.05, 3.63) is 0 Å². The first-order chi connectivity index (χ1) is 6.99. The van der Waals surface area contributed by atoms with Crippen LogP contribution in [0.3, 0.4) is 0 Å². The Kier molecular flexibility index (Phi) is 3.06. The molecule has 0 unspecified atom stereocenters. The summed E-state index contributed by atoms with van der Waals surface area (Å²) in [5.41, 5.74) is 0. The maximum Gasteiger partial charge on any atom is 0.238 e. The van der Waals surface area contributed by atoms with Gasteiger partial charge in [-0.2, -0.15) is 0 Å². The van der Waals surface area contributed by atoms with E-state index in [-0.39, 0.29) is 0 Å². The lowest BCUT2D eigenvalue weighted by molar-refractivity contribution is 0.255. The summed E-state index contributed by atoms with van der Waals surface area (Å²) in [6.45, 7) is 2.22. The molecule has 0 atom stereocenters. The van der Waals surface area contributed by atoms with E-state index in [0.717, 1.165) is 31.6 Å². The number of halogens is 1. The Morgan fingerprint density at radius 3 is 2.07 bits per heavy atom. The fraction of sp³-hybridized carbons (Fsp3) is 1.00. The third kappa shape index (κ3) is 2.05. The number of rotatable bonds is 3. The predicted octanol–water partition coefficient (Wildman–Crippen LogP) is 3.30. The minimum absolute atomic E-state index is 0.336. The molecule has 2 rings (SSSR count). The van der Waals surface area contributed by atoms with Gasteiger partial charge in [0.05, 0.1) is 4.75 Å². The Morgan fingerprint density at radius 1 is 1.20 bits per heavy atom. The van der Waals surface area contributed by atoms with Gasteiger partial charge >= 0.3 is 0 Å². The van der Waals surface area contributed by atoms with Crippen molar-refractivity contribution in [2.45, 2.75) is 56.6 Å². The summed E-state index contributed by atoms with van der Waals surface area (Å²) in [6, 6.07) is 0. The normalized spacial score (nSPS) is 35.1. The third-order valence-electron chi connectivity index (χ3n) is 4.40. The monoisotopic (exact) mass is 250 g/mol. The average Bonchev–Trinajstić information content (AvgIpc) is 2.98. The molecule has 0 aromatic heterocycles. The van der Waals surface area contributed by atoms with Crippen molar-refractivity contribution >= 4 is 19.7 Å². The van der Waals surface area contributed by atoms with Crippen molar-refractivity contribution in [1.82, 2.24) is 0 Å². The molecule has 0 heterocycles. The van der Waals surface area contributed by atoms with Crippen LogP contribution < -0.4 is 0 Å². The lowest BCUT2D eigenvalue weighted by Crippen LogP contribution is -2.32. The van der Waals surface area contributed by atoms with Crippen LogP contribution in [0.25, 0.3) is 0 Å². The van der Waals surface area contributed by atoms with Gasteiger partial charge in [-0.3, -0.25) is 0 Å². The second kappa shape index (κ2) is 3.92. The fourth-order valence-electron chi connectivity index (χ4n) is 3.07. The Labute approximate surface area is 96.8 Å². The maximum atomic E-state index is 11.5. The zero-order valence-electron chi connectivity index (χ0n) is 9.21. The molecule has 0 saturated heterocycles. The lowest BCUT2D eigenvalue weighted by Gasteiger charge is -2.32. The topological polar surface area (TPSA) is 34.1 Å². The van der Waals surface area contributed by atoms with Gasteiger partial charge in [-0.05, 0) is 37.5 Å². The van der Waals surface area contributed by atoms with E-state index in [1.807, 2.05) is 0 Å². The first kappa shape index (κ1) is 11.7. The van der Waals surface area contributed by atoms with Crippen LogP contribution in [0.5, 0.6) is 0 Å². The van der Waals surface area contributed by atoms with Gasteiger partial charge in [0.1, 0.15) is 0 Å². The molecule has 0 aliphatic heterocycles. The van der Waals surface area contributed by atoms with Gasteiger partial charge in [0.15, 0.2) is 0 Å². The van der Waals surface area contributed by atoms with E-state index in [4.69, 9.17) is 10.7 Å². The highest BCUT2D eigenvalue weighted by atomic mass is 35.7. The molecular formula is C11H19ClO2S. The maximum absolute atomic E-state index is 11.5. The molecule has 4 heteroatoms. The van der Waals surface area contributed by atoms with Crippen molar-refractivity contribution in [1.29, 1.82) is 0 Å². The Hall–Kier alpha value is 0.240. The van der Waals surface area contributed by atoms with Gasteiger partial charge in [-0.15, -0.1) is 0 Å². The molecule has 15 heavy (non-hydrogen) atoms. The summed E-state index contributed by atoms with van der Waals surface area (Å²) >= 11 is 0. The summed E-state index contributed by atoms with van der Waals surface area (Å²) in [7, 11) is 2.22. The van der Waals surface area contributed by atoms with Crippen LogP contribution in [0.1, 0.15) is 51.9 Å². The van der Waals surface area contributed by atoms with Crippen LogP contribution in [0, 0.1) is 11.8 Å². The zero-order valence-corrected chi connectivity index (χ0v) is 10.8. The molecule has 0 N–H and O–H groups in total. The lowest BCUT2D eigenvalue weighted by atomic mass is 9.78. The number of hydrogen-bond donors (Lipinski definition) is 0. The van der Waals surface area contributed by atoms with Crippen molar-refractivity contribution in [3.8, 4) is 0 Å². The summed E-state index contributed by atoms with van der Waals surface area (Å²) in [6.07, 6.45) is 7.31. The van der Waals surface area contributed by atoms with Gasteiger partial charge in [0.25, 0.3) is 0 Å². The van der Waals surface area contributed by atoms with E-state index < -0.39 is 13.8 Å². The Bertz CT molecular complexity index is 324. The predicted molar refractivity (Wildman–Crippen MR) is 62.5 cm³/mol. The molecule has 2 nitrogen and oxygen atoms in total. The molecule has 2 saturated carbocycles. The fourth-order valence-corrected chi connectivity index (χ4v) is 5.14. The van der Waals surface area contributed by atoms with Gasteiger partial charge in [0, 0.05) is 10.7 Å². The first-order valence-corrected chi connectivity index (χ1v) is 8.25. The average molecular weight is 251 g/mol. The second-order valence-electron chi connectivity index (χ2n) is 5.13. The van der Waals surface area contributed by atoms with Gasteiger partial charge in [-0.1, -0.05) is 26.2 Å². The third-order valence-corrected chi connectivity index (χ3v) is 7.03. The van der Waals surface area contributed by atoms with E-state index in [1.165, 1.54) is 19.3 Å². The molecule has 2 aliphatic carbocycles. The molecule has 0 aromatic rings. The summed E-state index contributed by atoms with van der Waals surface area (Å²) in [5, 5.41) is 0. The van der Waals surface area contributed by atoms with Crippen LogP contribution in [0.15, 0.2) is 0 Å². The van der Waals surface area contributed by atoms with Crippen LogP contribution >= 0.6 is 10.7 Å². The smallest absolute Gasteiger partial charge is 0.212 e. The van der Waals surface area contributed by atoms with E-state index in [1.54, 1.807) is 0 Å². The highest BCUT2D eigenvalue weighted by molar-refractivity contribution is 8.15. The highest BCUT2D eigenvalue weighted by Gasteiger charge is 2.58. The van der Waals surface area contributed by atoms with E-state index in [2.05, 4.69) is 6.92 Å². The SMILES string of the molecule is CCC1CCC(C2(S(=O)(=O)Cl)CC2)CC1. The molecule has 0 radical (unpaired) electrons. The number of hydrogen-bond acceptors (Lipinski definition) is 2. The molecule has 2 aliphatic rings. The molecule has 0 spiro atoms. The summed E-state index contributed by atoms with van der Waals surface area (Å²) in [5.74, 6) is 1.15. The summed E-state index contributed by atoms with van der Waals surface area (Å²) in [4.78, 5) is 0. The second-order valence-corrected chi connectivity index (χ2v) is 8.04. The van der Waals surface area contributed by atoms with Crippen LogP contribution in [-0.2, 0) is 9.05 Å². The van der Waals surface area contributed by atoms with Gasteiger partial charge in [0.2, 0.25) is 9.05 Å². The van der Waals surface area contributed by atoms with Crippen molar-refractivity contribution in [2.24, 2.45) is 11.8 Å². The minimum atomic E-state index is -3.34. The Balaban J connectivity index is 2.02. The highest BCUT2D eigenvalue weighted by Crippen LogP contribution is 2.56.